The van der Waals surface area contributed by atoms with Crippen LogP contribution >= 0.6 is 0 Å². The van der Waals surface area contributed by atoms with Crippen LogP contribution in [-0.4, -0.2) is 34.3 Å². The highest BCUT2D eigenvalue weighted by atomic mass is 16.5. The molecule has 1 atom stereocenters. The molecule has 6 nitrogen and oxygen atoms in total. The van der Waals surface area contributed by atoms with E-state index in [0.717, 1.165) is 0 Å². The van der Waals surface area contributed by atoms with Gasteiger partial charge in [0.05, 0.1) is 12.6 Å². The summed E-state index contributed by atoms with van der Waals surface area (Å²) in [5.41, 5.74) is 5.54. The third-order valence-corrected chi connectivity index (χ3v) is 1.04. The monoisotopic (exact) mass is 143 g/mol. The fourth-order valence-electron chi connectivity index (χ4n) is 0.581. The molecule has 1 heterocycles. The lowest BCUT2D eigenvalue weighted by Gasteiger charge is -2.02. The second kappa shape index (κ2) is 3.23. The van der Waals surface area contributed by atoms with Crippen LogP contribution < -0.4 is 5.73 Å². The lowest BCUT2D eigenvalue weighted by atomic mass is 10.3. The number of hydrogen-bond donors (Lipinski definition) is 2. The number of nitrogens with two attached hydrogens (primary N) is 1. The Morgan fingerprint density at radius 3 is 3.10 bits per heavy atom. The van der Waals surface area contributed by atoms with Gasteiger partial charge in [0, 0.05) is 7.11 Å². The minimum Gasteiger partial charge on any atom is -0.383 e. The molecule has 56 valence electrons. The summed E-state index contributed by atoms with van der Waals surface area (Å²) in [6, 6.07) is -0.288. The molecule has 0 saturated heterocycles. The van der Waals surface area contributed by atoms with Crippen LogP contribution in [0, 0.1) is 0 Å². The van der Waals surface area contributed by atoms with Gasteiger partial charge in [0.1, 0.15) is 0 Å². The van der Waals surface area contributed by atoms with E-state index < -0.39 is 0 Å². The Labute approximate surface area is 57.8 Å². The molecule has 0 amide bonds. The van der Waals surface area contributed by atoms with E-state index in [4.69, 9.17) is 10.5 Å². The maximum absolute atomic E-state index is 5.54. The van der Waals surface area contributed by atoms with Gasteiger partial charge < -0.3 is 10.5 Å². The van der Waals surface area contributed by atoms with Gasteiger partial charge in [-0.1, -0.05) is 5.21 Å². The normalized spacial score (nSPS) is 13.4. The number of aromatic nitrogens is 4. The second-order valence-electron chi connectivity index (χ2n) is 1.83. The molecule has 0 aliphatic heterocycles. The summed E-state index contributed by atoms with van der Waals surface area (Å²) >= 11 is 0. The standard InChI is InChI=1S/C4H9N5O/c1-10-2-3(5)4-6-8-9-7-4/h3H,2,5H2,1H3,(H,6,7,8,9). The molecule has 3 N–H and O–H groups in total. The smallest absolute Gasteiger partial charge is 0.193 e. The van der Waals surface area contributed by atoms with Gasteiger partial charge in [0.15, 0.2) is 5.82 Å². The van der Waals surface area contributed by atoms with Crippen molar-refractivity contribution in [1.82, 2.24) is 20.6 Å². The van der Waals surface area contributed by atoms with E-state index in [9.17, 15) is 0 Å². The zero-order chi connectivity index (χ0) is 7.40. The largest absolute Gasteiger partial charge is 0.383 e. The summed E-state index contributed by atoms with van der Waals surface area (Å²) in [4.78, 5) is 0. The van der Waals surface area contributed by atoms with Crippen molar-refractivity contribution in [3.8, 4) is 0 Å². The molecule has 0 saturated carbocycles. The Morgan fingerprint density at radius 1 is 1.80 bits per heavy atom. The van der Waals surface area contributed by atoms with Crippen LogP contribution in [0.15, 0.2) is 0 Å². The maximum atomic E-state index is 5.54. The molecule has 1 aromatic heterocycles. The molecule has 0 spiro atoms. The van der Waals surface area contributed by atoms with E-state index in [2.05, 4.69) is 20.6 Å². The average molecular weight is 143 g/mol. The number of methoxy groups -OCH3 is 1. The Hall–Kier alpha value is -1.01. The molecule has 0 aliphatic carbocycles. The van der Waals surface area contributed by atoms with E-state index in [1.165, 1.54) is 0 Å². The molecule has 10 heavy (non-hydrogen) atoms. The molecule has 0 fully saturated rings. The topological polar surface area (TPSA) is 89.7 Å². The van der Waals surface area contributed by atoms with Crippen molar-refractivity contribution in [2.24, 2.45) is 5.73 Å². The van der Waals surface area contributed by atoms with Gasteiger partial charge in [0.2, 0.25) is 0 Å². The van der Waals surface area contributed by atoms with Crippen molar-refractivity contribution < 1.29 is 4.74 Å². The lowest BCUT2D eigenvalue weighted by Crippen LogP contribution is -2.17. The first kappa shape index (κ1) is 7.10. The number of tetrazole rings is 1. The predicted octanol–water partition coefficient (Wildman–Crippen LogP) is -1.15. The molecular formula is C4H9N5O. The Morgan fingerprint density at radius 2 is 2.60 bits per heavy atom. The molecule has 1 unspecified atom stereocenters. The summed E-state index contributed by atoms with van der Waals surface area (Å²) in [6.07, 6.45) is 0. The van der Waals surface area contributed by atoms with Gasteiger partial charge >= 0.3 is 0 Å². The van der Waals surface area contributed by atoms with Gasteiger partial charge in [-0.3, -0.25) is 0 Å². The number of H-pyrrole nitrogens is 1. The van der Waals surface area contributed by atoms with Crippen LogP contribution in [0.1, 0.15) is 11.9 Å². The first-order chi connectivity index (χ1) is 4.84. The van der Waals surface area contributed by atoms with E-state index in [-0.39, 0.29) is 6.04 Å². The van der Waals surface area contributed by atoms with Crippen molar-refractivity contribution in [1.29, 1.82) is 0 Å². The number of nitrogens with one attached hydrogen (secondary N) is 1. The minimum atomic E-state index is -0.288. The number of nitrogens with zero attached hydrogens (tertiary/aromatic N) is 3. The van der Waals surface area contributed by atoms with Crippen molar-refractivity contribution in [2.45, 2.75) is 6.04 Å². The fraction of sp³-hybridized carbons (Fsp3) is 0.750. The zero-order valence-electron chi connectivity index (χ0n) is 5.61. The molecule has 6 heteroatoms. The molecule has 1 rings (SSSR count). The molecule has 0 radical (unpaired) electrons. The average Bonchev–Trinajstić information content (AvgIpc) is 2.38. The molecule has 0 aliphatic rings. The van der Waals surface area contributed by atoms with Crippen LogP contribution in [0.3, 0.4) is 0 Å². The van der Waals surface area contributed by atoms with Crippen LogP contribution in [-0.2, 0) is 4.74 Å². The number of aromatic amines is 1. The first-order valence-electron chi connectivity index (χ1n) is 2.82. The van der Waals surface area contributed by atoms with Gasteiger partial charge in [-0.15, -0.1) is 10.2 Å². The van der Waals surface area contributed by atoms with E-state index in [0.29, 0.717) is 12.4 Å². The summed E-state index contributed by atoms with van der Waals surface area (Å²) in [5, 5.41) is 13.0. The minimum absolute atomic E-state index is 0.288. The van der Waals surface area contributed by atoms with Gasteiger partial charge in [0.25, 0.3) is 0 Å². The first-order valence-corrected chi connectivity index (χ1v) is 2.82. The highest BCUT2D eigenvalue weighted by molar-refractivity contribution is 4.85. The maximum Gasteiger partial charge on any atom is 0.193 e. The number of ether oxygens (including phenoxy) is 1. The highest BCUT2D eigenvalue weighted by Gasteiger charge is 2.08. The number of rotatable bonds is 3. The zero-order valence-corrected chi connectivity index (χ0v) is 5.61. The quantitative estimate of drug-likeness (QED) is 0.557. The van der Waals surface area contributed by atoms with E-state index in [1.807, 2.05) is 0 Å². The van der Waals surface area contributed by atoms with Crippen molar-refractivity contribution in [3.63, 3.8) is 0 Å². The highest BCUT2D eigenvalue weighted by Crippen LogP contribution is 1.99. The van der Waals surface area contributed by atoms with Crippen LogP contribution in [0.4, 0.5) is 0 Å². The fourth-order valence-corrected chi connectivity index (χ4v) is 0.581. The lowest BCUT2D eigenvalue weighted by molar-refractivity contribution is 0.178. The Bertz CT molecular complexity index is 174. The Balaban J connectivity index is 2.50. The predicted molar refractivity (Wildman–Crippen MR) is 33.0 cm³/mol. The second-order valence-corrected chi connectivity index (χ2v) is 1.83. The van der Waals surface area contributed by atoms with E-state index in [1.54, 1.807) is 7.11 Å². The Kier molecular flexibility index (Phi) is 2.30. The summed E-state index contributed by atoms with van der Waals surface area (Å²) in [6.45, 7) is 0.402. The molecule has 0 bridgehead atoms. The van der Waals surface area contributed by atoms with Gasteiger partial charge in [-0.05, 0) is 0 Å². The summed E-state index contributed by atoms with van der Waals surface area (Å²) in [5.74, 6) is 0.474. The summed E-state index contributed by atoms with van der Waals surface area (Å²) in [7, 11) is 1.57. The van der Waals surface area contributed by atoms with Crippen LogP contribution in [0.25, 0.3) is 0 Å². The van der Waals surface area contributed by atoms with E-state index >= 15 is 0 Å². The van der Waals surface area contributed by atoms with Crippen molar-refractivity contribution >= 4 is 0 Å². The summed E-state index contributed by atoms with van der Waals surface area (Å²) < 4.78 is 4.78. The van der Waals surface area contributed by atoms with Gasteiger partial charge in [-0.25, -0.2) is 0 Å². The number of hydrogen-bond acceptors (Lipinski definition) is 5. The van der Waals surface area contributed by atoms with Crippen molar-refractivity contribution in [2.75, 3.05) is 13.7 Å². The third kappa shape index (κ3) is 1.49. The third-order valence-electron chi connectivity index (χ3n) is 1.04. The van der Waals surface area contributed by atoms with Gasteiger partial charge in [-0.2, -0.15) is 5.21 Å². The SMILES string of the molecule is COCC(N)c1nn[nH]n1. The van der Waals surface area contributed by atoms with Crippen molar-refractivity contribution in [3.05, 3.63) is 5.82 Å². The molecule has 1 aromatic rings. The van der Waals surface area contributed by atoms with Crippen LogP contribution in [0.2, 0.25) is 0 Å². The van der Waals surface area contributed by atoms with Crippen LogP contribution in [0.5, 0.6) is 0 Å². The molecular weight excluding hydrogens is 134 g/mol. The molecule has 0 aromatic carbocycles.